The van der Waals surface area contributed by atoms with Crippen molar-refractivity contribution in [3.05, 3.63) is 64.8 Å². The van der Waals surface area contributed by atoms with Crippen molar-refractivity contribution < 1.29 is 9.53 Å². The molecule has 0 radical (unpaired) electrons. The van der Waals surface area contributed by atoms with E-state index in [-0.39, 0.29) is 11.6 Å². The van der Waals surface area contributed by atoms with Crippen LogP contribution in [-0.4, -0.2) is 27.9 Å². The topological polar surface area (TPSA) is 91.9 Å². The molecular weight excluding hydrogens is 354 g/mol. The highest BCUT2D eigenvalue weighted by atomic mass is 35.5. The quantitative estimate of drug-likeness (QED) is 0.591. The summed E-state index contributed by atoms with van der Waals surface area (Å²) in [6, 6.07) is 14.6. The third-order valence-electron chi connectivity index (χ3n) is 3.58. The molecule has 0 spiro atoms. The number of nitrogens with one attached hydrogen (secondary N) is 3. The molecule has 0 aliphatic heterocycles. The average molecular weight is 372 g/mol. The number of hydrogen-bond donors (Lipinski definition) is 3. The Morgan fingerprint density at radius 2 is 1.92 bits per heavy atom. The molecule has 2 aromatic carbocycles. The number of para-hydroxylation sites is 1. The van der Waals surface area contributed by atoms with Crippen LogP contribution in [0.3, 0.4) is 0 Å². The molecule has 8 heteroatoms. The lowest BCUT2D eigenvalue weighted by molar-refractivity contribution is 0.0946. The second kappa shape index (κ2) is 8.35. The van der Waals surface area contributed by atoms with E-state index < -0.39 is 0 Å². The molecule has 3 rings (SSSR count). The molecule has 0 fully saturated rings. The molecule has 26 heavy (non-hydrogen) atoms. The number of carbonyl (C=O) groups excluding carboxylic acids is 1. The Labute approximate surface area is 155 Å². The first-order valence-corrected chi connectivity index (χ1v) is 8.47. The maximum absolute atomic E-state index is 12.5. The maximum atomic E-state index is 12.5. The van der Waals surface area contributed by atoms with Gasteiger partial charge in [0.1, 0.15) is 5.75 Å². The van der Waals surface area contributed by atoms with Crippen molar-refractivity contribution in [3.63, 3.8) is 0 Å². The van der Waals surface area contributed by atoms with Gasteiger partial charge in [-0.05, 0) is 37.3 Å². The molecule has 0 aliphatic rings. The van der Waals surface area contributed by atoms with Crippen LogP contribution in [0.15, 0.2) is 48.5 Å². The van der Waals surface area contributed by atoms with E-state index in [9.17, 15) is 4.79 Å². The van der Waals surface area contributed by atoms with Crippen molar-refractivity contribution in [1.82, 2.24) is 20.7 Å². The molecule has 1 amide bonds. The Morgan fingerprint density at radius 3 is 2.69 bits per heavy atom. The summed E-state index contributed by atoms with van der Waals surface area (Å²) in [6.07, 6.45) is 0. The number of halogens is 1. The smallest absolute Gasteiger partial charge is 0.275 e. The van der Waals surface area contributed by atoms with Crippen molar-refractivity contribution in [3.8, 4) is 5.75 Å². The van der Waals surface area contributed by atoms with Crippen molar-refractivity contribution in [2.45, 2.75) is 13.5 Å². The van der Waals surface area contributed by atoms with Crippen molar-refractivity contribution in [1.29, 1.82) is 0 Å². The molecule has 0 unspecified atom stereocenters. The largest absolute Gasteiger partial charge is 0.494 e. The zero-order chi connectivity index (χ0) is 18.4. The van der Waals surface area contributed by atoms with Crippen LogP contribution in [0, 0.1) is 0 Å². The molecule has 134 valence electrons. The molecule has 0 saturated carbocycles. The van der Waals surface area contributed by atoms with Gasteiger partial charge >= 0.3 is 0 Å². The Hall–Kier alpha value is -3.06. The highest BCUT2D eigenvalue weighted by molar-refractivity contribution is 6.30. The normalized spacial score (nSPS) is 10.4. The van der Waals surface area contributed by atoms with Gasteiger partial charge in [-0.1, -0.05) is 29.8 Å². The van der Waals surface area contributed by atoms with Crippen LogP contribution in [0.25, 0.3) is 0 Å². The van der Waals surface area contributed by atoms with Gasteiger partial charge in [-0.15, -0.1) is 10.2 Å². The SMILES string of the molecule is CCOc1ccccc1CNC(=O)c1n[nH]nc1Nc1ccc(Cl)cc1. The average Bonchev–Trinajstić information content (AvgIpc) is 3.11. The monoisotopic (exact) mass is 371 g/mol. The number of aromatic nitrogens is 3. The number of hydrogen-bond acceptors (Lipinski definition) is 5. The van der Waals surface area contributed by atoms with Gasteiger partial charge in [-0.25, -0.2) is 0 Å². The van der Waals surface area contributed by atoms with Crippen LogP contribution in [0.5, 0.6) is 5.75 Å². The first-order chi connectivity index (χ1) is 12.7. The number of ether oxygens (including phenoxy) is 1. The highest BCUT2D eigenvalue weighted by Gasteiger charge is 2.17. The number of carbonyl (C=O) groups is 1. The molecule has 0 saturated heterocycles. The molecule has 1 heterocycles. The number of amides is 1. The fourth-order valence-corrected chi connectivity index (χ4v) is 2.48. The van der Waals surface area contributed by atoms with Crippen LogP contribution in [-0.2, 0) is 6.54 Å². The first-order valence-electron chi connectivity index (χ1n) is 8.09. The minimum Gasteiger partial charge on any atom is -0.494 e. The summed E-state index contributed by atoms with van der Waals surface area (Å²) in [5.74, 6) is 0.736. The molecule has 0 atom stereocenters. The Bertz CT molecular complexity index is 879. The summed E-state index contributed by atoms with van der Waals surface area (Å²) in [6.45, 7) is 2.80. The Kier molecular flexibility index (Phi) is 5.70. The minimum atomic E-state index is -0.346. The Balaban J connectivity index is 1.68. The standard InChI is InChI=1S/C18H18ClN5O2/c1-2-26-15-6-4-3-5-12(15)11-20-18(25)16-17(23-24-22-16)21-14-9-7-13(19)8-10-14/h3-10H,2,11H2,1H3,(H,20,25)(H2,21,22,23,24). The van der Waals surface area contributed by atoms with Crippen molar-refractivity contribution in [2.24, 2.45) is 0 Å². The molecule has 0 bridgehead atoms. The molecule has 7 nitrogen and oxygen atoms in total. The first kappa shape index (κ1) is 17.8. The second-order valence-electron chi connectivity index (χ2n) is 5.38. The number of H-pyrrole nitrogens is 1. The maximum Gasteiger partial charge on any atom is 0.275 e. The predicted molar refractivity (Wildman–Crippen MR) is 99.9 cm³/mol. The summed E-state index contributed by atoms with van der Waals surface area (Å²) in [5, 5.41) is 16.9. The zero-order valence-corrected chi connectivity index (χ0v) is 14.9. The lowest BCUT2D eigenvalue weighted by atomic mass is 10.2. The lowest BCUT2D eigenvalue weighted by Gasteiger charge is -2.10. The van der Waals surface area contributed by atoms with Gasteiger partial charge in [0.2, 0.25) is 0 Å². The number of nitrogens with zero attached hydrogens (tertiary/aromatic N) is 2. The van der Waals surface area contributed by atoms with Gasteiger partial charge in [0.05, 0.1) is 6.61 Å². The number of aromatic amines is 1. The van der Waals surface area contributed by atoms with Crippen LogP contribution in [0.2, 0.25) is 5.02 Å². The predicted octanol–water partition coefficient (Wildman–Crippen LogP) is 3.53. The van der Waals surface area contributed by atoms with Crippen molar-refractivity contribution in [2.75, 3.05) is 11.9 Å². The van der Waals surface area contributed by atoms with E-state index >= 15 is 0 Å². The van der Waals surface area contributed by atoms with Gasteiger partial charge < -0.3 is 15.4 Å². The highest BCUT2D eigenvalue weighted by Crippen LogP contribution is 2.20. The van der Waals surface area contributed by atoms with Gasteiger partial charge in [0.25, 0.3) is 5.91 Å². The lowest BCUT2D eigenvalue weighted by Crippen LogP contribution is -2.24. The minimum absolute atomic E-state index is 0.175. The molecule has 0 aliphatic carbocycles. The molecule has 1 aromatic heterocycles. The van der Waals surface area contributed by atoms with Crippen LogP contribution >= 0.6 is 11.6 Å². The summed E-state index contributed by atoms with van der Waals surface area (Å²) < 4.78 is 5.56. The fourth-order valence-electron chi connectivity index (χ4n) is 2.35. The molecule has 3 aromatic rings. The summed E-state index contributed by atoms with van der Waals surface area (Å²) in [4.78, 5) is 12.5. The summed E-state index contributed by atoms with van der Waals surface area (Å²) in [5.41, 5.74) is 1.81. The fraction of sp³-hybridized carbons (Fsp3) is 0.167. The summed E-state index contributed by atoms with van der Waals surface area (Å²) >= 11 is 5.87. The summed E-state index contributed by atoms with van der Waals surface area (Å²) in [7, 11) is 0. The number of anilines is 2. The van der Waals surface area contributed by atoms with E-state index in [4.69, 9.17) is 16.3 Å². The Morgan fingerprint density at radius 1 is 1.15 bits per heavy atom. The van der Waals surface area contributed by atoms with Crippen LogP contribution in [0.4, 0.5) is 11.5 Å². The number of benzene rings is 2. The van der Waals surface area contributed by atoms with E-state index in [0.717, 1.165) is 17.0 Å². The van der Waals surface area contributed by atoms with Gasteiger partial charge in [-0.3, -0.25) is 4.79 Å². The van der Waals surface area contributed by atoms with E-state index in [2.05, 4.69) is 26.0 Å². The third kappa shape index (κ3) is 4.31. The molecular formula is C18H18ClN5O2. The molecule has 3 N–H and O–H groups in total. The van der Waals surface area contributed by atoms with E-state index in [1.807, 2.05) is 31.2 Å². The van der Waals surface area contributed by atoms with E-state index in [1.165, 1.54) is 0 Å². The van der Waals surface area contributed by atoms with Gasteiger partial charge in [0, 0.05) is 22.8 Å². The number of rotatable bonds is 7. The van der Waals surface area contributed by atoms with E-state index in [0.29, 0.717) is 24.0 Å². The van der Waals surface area contributed by atoms with Gasteiger partial charge in [-0.2, -0.15) is 5.21 Å². The van der Waals surface area contributed by atoms with Crippen LogP contribution < -0.4 is 15.4 Å². The zero-order valence-electron chi connectivity index (χ0n) is 14.1. The third-order valence-corrected chi connectivity index (χ3v) is 3.83. The van der Waals surface area contributed by atoms with Gasteiger partial charge in [0.15, 0.2) is 11.5 Å². The van der Waals surface area contributed by atoms with E-state index in [1.54, 1.807) is 24.3 Å². The van der Waals surface area contributed by atoms with Crippen molar-refractivity contribution >= 4 is 29.0 Å². The second-order valence-corrected chi connectivity index (χ2v) is 5.81. The van der Waals surface area contributed by atoms with Crippen LogP contribution in [0.1, 0.15) is 23.0 Å².